The Morgan fingerprint density at radius 3 is 3.00 bits per heavy atom. The molecule has 1 aromatic rings. The summed E-state index contributed by atoms with van der Waals surface area (Å²) in [5, 5.41) is 7.11. The topological polar surface area (TPSA) is 50.4 Å². The molecule has 1 heterocycles. The molecule has 2 N–H and O–H groups in total. The van der Waals surface area contributed by atoms with E-state index in [1.165, 1.54) is 25.7 Å². The van der Waals surface area contributed by atoms with Crippen molar-refractivity contribution in [3.05, 3.63) is 28.8 Å². The largest absolute Gasteiger partial charge is 0.496 e. The summed E-state index contributed by atoms with van der Waals surface area (Å²) in [6.45, 7) is 0.398. The van der Waals surface area contributed by atoms with Crippen molar-refractivity contribution in [3.63, 3.8) is 0 Å². The van der Waals surface area contributed by atoms with Crippen LogP contribution in [0.25, 0.3) is 0 Å². The minimum atomic E-state index is -0.0680. The number of carbonyl (C=O) groups excluding carboxylic acids is 1. The van der Waals surface area contributed by atoms with Crippen molar-refractivity contribution < 1.29 is 9.53 Å². The summed E-state index contributed by atoms with van der Waals surface area (Å²) in [7, 11) is 1.61. The molecule has 2 aliphatic rings. The Bertz CT molecular complexity index is 535. The third-order valence-electron chi connectivity index (χ3n) is 4.91. The van der Waals surface area contributed by atoms with Crippen LogP contribution in [-0.2, 0) is 11.3 Å². The number of fused-ring (bicyclic) bond motifs is 1. The number of nitrogens with one attached hydrogen (secondary N) is 2. The van der Waals surface area contributed by atoms with E-state index in [0.717, 1.165) is 12.0 Å². The maximum absolute atomic E-state index is 12.4. The summed E-state index contributed by atoms with van der Waals surface area (Å²) < 4.78 is 5.31. The molecule has 0 aromatic heterocycles. The van der Waals surface area contributed by atoms with Crippen molar-refractivity contribution >= 4 is 17.5 Å². The van der Waals surface area contributed by atoms with Gasteiger partial charge < -0.3 is 15.4 Å². The smallest absolute Gasteiger partial charge is 0.237 e. The second-order valence-electron chi connectivity index (χ2n) is 6.24. The first kappa shape index (κ1) is 15.6. The molecular formula is C17H23ClN2O2. The van der Waals surface area contributed by atoms with Crippen LogP contribution in [0.3, 0.4) is 0 Å². The van der Waals surface area contributed by atoms with E-state index < -0.39 is 0 Å². The van der Waals surface area contributed by atoms with Crippen LogP contribution < -0.4 is 15.4 Å². The van der Waals surface area contributed by atoms with Gasteiger partial charge in [-0.15, -0.1) is 0 Å². The van der Waals surface area contributed by atoms with Crippen LogP contribution in [0.15, 0.2) is 18.2 Å². The summed E-state index contributed by atoms with van der Waals surface area (Å²) in [6.07, 6.45) is 5.98. The lowest BCUT2D eigenvalue weighted by atomic mass is 9.85. The number of carbonyl (C=O) groups is 1. The highest BCUT2D eigenvalue weighted by Gasteiger charge is 2.38. The summed E-state index contributed by atoms with van der Waals surface area (Å²) in [5.41, 5.74) is 0.829. The third kappa shape index (κ3) is 3.23. The maximum Gasteiger partial charge on any atom is 0.237 e. The number of ether oxygens (including phenoxy) is 1. The van der Waals surface area contributed by atoms with E-state index in [4.69, 9.17) is 16.3 Å². The van der Waals surface area contributed by atoms with Gasteiger partial charge in [0.05, 0.1) is 13.2 Å². The normalized spacial score (nSPS) is 27.3. The van der Waals surface area contributed by atoms with Crippen LogP contribution in [0, 0.1) is 5.92 Å². The van der Waals surface area contributed by atoms with E-state index in [0.29, 0.717) is 29.3 Å². The molecule has 4 nitrogen and oxygen atoms in total. The highest BCUT2D eigenvalue weighted by Crippen LogP contribution is 2.33. The molecule has 1 aliphatic heterocycles. The summed E-state index contributed by atoms with van der Waals surface area (Å²) in [5.74, 6) is 1.44. The number of methoxy groups -OCH3 is 1. The van der Waals surface area contributed by atoms with Crippen LogP contribution >= 0.6 is 11.6 Å². The maximum atomic E-state index is 12.4. The molecule has 3 rings (SSSR count). The fourth-order valence-electron chi connectivity index (χ4n) is 3.72. The van der Waals surface area contributed by atoms with Crippen molar-refractivity contribution in [1.29, 1.82) is 0 Å². The zero-order chi connectivity index (χ0) is 15.5. The number of hydrogen-bond donors (Lipinski definition) is 2. The monoisotopic (exact) mass is 322 g/mol. The number of benzene rings is 1. The summed E-state index contributed by atoms with van der Waals surface area (Å²) >= 11 is 6.20. The number of hydrogen-bond acceptors (Lipinski definition) is 3. The minimum absolute atomic E-state index is 0.0661. The van der Waals surface area contributed by atoms with Gasteiger partial charge in [-0.2, -0.15) is 0 Å². The molecule has 120 valence electrons. The zero-order valence-corrected chi connectivity index (χ0v) is 13.7. The predicted octanol–water partition coefficient (Wildman–Crippen LogP) is 2.89. The fraction of sp³-hybridized carbons (Fsp3) is 0.588. The average Bonchev–Trinajstić information content (AvgIpc) is 2.97. The van der Waals surface area contributed by atoms with E-state index in [-0.39, 0.29) is 11.9 Å². The molecule has 22 heavy (non-hydrogen) atoms. The minimum Gasteiger partial charge on any atom is -0.496 e. The van der Waals surface area contributed by atoms with Crippen molar-refractivity contribution in [3.8, 4) is 5.75 Å². The molecule has 3 atom stereocenters. The van der Waals surface area contributed by atoms with Gasteiger partial charge in [0.2, 0.25) is 5.91 Å². The summed E-state index contributed by atoms with van der Waals surface area (Å²) in [6, 6.07) is 5.97. The van der Waals surface area contributed by atoms with Gasteiger partial charge in [-0.3, -0.25) is 4.79 Å². The predicted molar refractivity (Wildman–Crippen MR) is 87.1 cm³/mol. The van der Waals surface area contributed by atoms with Crippen LogP contribution in [0.4, 0.5) is 0 Å². The second-order valence-corrected chi connectivity index (χ2v) is 6.65. The van der Waals surface area contributed by atoms with Crippen molar-refractivity contribution in [2.75, 3.05) is 7.11 Å². The fourth-order valence-corrected chi connectivity index (χ4v) is 3.95. The average molecular weight is 323 g/mol. The Morgan fingerprint density at radius 2 is 2.23 bits per heavy atom. The van der Waals surface area contributed by atoms with Crippen molar-refractivity contribution in [1.82, 2.24) is 10.6 Å². The van der Waals surface area contributed by atoms with Crippen LogP contribution in [0.5, 0.6) is 5.75 Å². The zero-order valence-electron chi connectivity index (χ0n) is 12.9. The molecule has 1 aliphatic carbocycles. The van der Waals surface area contributed by atoms with E-state index in [9.17, 15) is 4.79 Å². The van der Waals surface area contributed by atoms with Gasteiger partial charge in [0.15, 0.2) is 0 Å². The lowest BCUT2D eigenvalue weighted by molar-refractivity contribution is -0.123. The molecular weight excluding hydrogens is 300 g/mol. The van der Waals surface area contributed by atoms with E-state index in [1.807, 2.05) is 18.2 Å². The Morgan fingerprint density at radius 1 is 1.41 bits per heavy atom. The first-order chi connectivity index (χ1) is 10.7. The second kappa shape index (κ2) is 6.88. The van der Waals surface area contributed by atoms with Crippen LogP contribution in [0.1, 0.15) is 37.7 Å². The highest BCUT2D eigenvalue weighted by molar-refractivity contribution is 6.31. The highest BCUT2D eigenvalue weighted by atomic mass is 35.5. The lowest BCUT2D eigenvalue weighted by Crippen LogP contribution is -2.42. The Labute approximate surface area is 136 Å². The van der Waals surface area contributed by atoms with Gasteiger partial charge in [-0.05, 0) is 37.3 Å². The summed E-state index contributed by atoms with van der Waals surface area (Å²) in [4.78, 5) is 12.4. The molecule has 1 aromatic carbocycles. The Balaban J connectivity index is 1.59. The molecule has 2 fully saturated rings. The molecule has 3 unspecified atom stereocenters. The third-order valence-corrected chi connectivity index (χ3v) is 5.27. The Kier molecular flexibility index (Phi) is 4.89. The Hall–Kier alpha value is -1.26. The van der Waals surface area contributed by atoms with Gasteiger partial charge in [0.25, 0.3) is 0 Å². The van der Waals surface area contributed by atoms with E-state index in [1.54, 1.807) is 7.11 Å². The van der Waals surface area contributed by atoms with Crippen LogP contribution in [-0.4, -0.2) is 25.1 Å². The molecule has 0 spiro atoms. The quantitative estimate of drug-likeness (QED) is 0.896. The first-order valence-corrected chi connectivity index (χ1v) is 8.42. The molecule has 0 radical (unpaired) electrons. The van der Waals surface area contributed by atoms with E-state index in [2.05, 4.69) is 10.6 Å². The molecule has 5 heteroatoms. The number of rotatable bonds is 4. The van der Waals surface area contributed by atoms with Gasteiger partial charge in [0.1, 0.15) is 5.75 Å². The molecule has 1 amide bonds. The van der Waals surface area contributed by atoms with Gasteiger partial charge in [-0.1, -0.05) is 30.5 Å². The van der Waals surface area contributed by atoms with Crippen molar-refractivity contribution in [2.45, 2.75) is 50.7 Å². The van der Waals surface area contributed by atoms with Gasteiger partial charge in [-0.25, -0.2) is 0 Å². The van der Waals surface area contributed by atoms with Gasteiger partial charge >= 0.3 is 0 Å². The number of halogens is 1. The van der Waals surface area contributed by atoms with E-state index >= 15 is 0 Å². The molecule has 1 saturated heterocycles. The van der Waals surface area contributed by atoms with Crippen molar-refractivity contribution in [2.24, 2.45) is 5.92 Å². The van der Waals surface area contributed by atoms with Gasteiger partial charge in [0, 0.05) is 23.2 Å². The first-order valence-electron chi connectivity index (χ1n) is 8.04. The SMILES string of the molecule is COc1cccc(Cl)c1CNC(=O)C1CC2CCCCC2N1. The molecule has 0 bridgehead atoms. The lowest BCUT2D eigenvalue weighted by Gasteiger charge is -2.24. The standard InChI is InChI=1S/C17H23ClN2O2/c1-22-16-8-4-6-13(18)12(16)10-19-17(21)15-9-11-5-2-3-7-14(11)20-15/h4,6,8,11,14-15,20H,2-3,5,7,9-10H2,1H3,(H,19,21). The van der Waals surface area contributed by atoms with Crippen LogP contribution in [0.2, 0.25) is 5.02 Å². The molecule has 1 saturated carbocycles. The number of amides is 1.